The number of nitrogens with two attached hydrogens (primary N) is 1. The molecule has 4 heteroatoms. The van der Waals surface area contributed by atoms with Crippen LogP contribution >= 0.6 is 11.3 Å². The van der Waals surface area contributed by atoms with Crippen LogP contribution in [0.2, 0.25) is 0 Å². The third kappa shape index (κ3) is 1.91. The van der Waals surface area contributed by atoms with Crippen molar-refractivity contribution < 1.29 is 4.42 Å². The van der Waals surface area contributed by atoms with Gasteiger partial charge >= 0.3 is 0 Å². The van der Waals surface area contributed by atoms with E-state index in [1.165, 1.54) is 4.88 Å². The van der Waals surface area contributed by atoms with Crippen LogP contribution in [-0.2, 0) is 0 Å². The molecule has 0 atom stereocenters. The average molecular weight is 248 g/mol. The largest absolute Gasteiger partial charge is 0.459 e. The zero-order chi connectivity index (χ0) is 12.0. The van der Waals surface area contributed by atoms with Crippen LogP contribution in [0, 0.1) is 13.8 Å². The lowest BCUT2D eigenvalue weighted by Crippen LogP contribution is -2.34. The van der Waals surface area contributed by atoms with Crippen LogP contribution in [0.5, 0.6) is 0 Å². The topological polar surface area (TPSA) is 52.0 Å². The molecule has 90 valence electrons. The van der Waals surface area contributed by atoms with Gasteiger partial charge < -0.3 is 10.2 Å². The molecule has 0 bridgehead atoms. The highest BCUT2D eigenvalue weighted by Crippen LogP contribution is 2.42. The Labute approximate surface area is 105 Å². The maximum Gasteiger partial charge on any atom is 0.162 e. The van der Waals surface area contributed by atoms with Gasteiger partial charge in [0.15, 0.2) is 10.8 Å². The molecule has 0 unspecified atom stereocenters. The van der Waals surface area contributed by atoms with Crippen LogP contribution in [0.25, 0.3) is 10.8 Å². The van der Waals surface area contributed by atoms with Gasteiger partial charge in [-0.2, -0.15) is 0 Å². The lowest BCUT2D eigenvalue weighted by molar-refractivity contribution is 0.354. The second-order valence-electron chi connectivity index (χ2n) is 4.81. The van der Waals surface area contributed by atoms with Gasteiger partial charge in [0.25, 0.3) is 0 Å². The van der Waals surface area contributed by atoms with E-state index in [2.05, 4.69) is 11.9 Å². The predicted octanol–water partition coefficient (Wildman–Crippen LogP) is 3.22. The van der Waals surface area contributed by atoms with Crippen molar-refractivity contribution in [1.82, 2.24) is 4.98 Å². The lowest BCUT2D eigenvalue weighted by Gasteiger charge is -2.31. The van der Waals surface area contributed by atoms with Crippen LogP contribution in [0.4, 0.5) is 0 Å². The molecule has 2 aromatic rings. The third-order valence-electron chi connectivity index (χ3n) is 3.33. The molecule has 3 nitrogen and oxygen atoms in total. The summed E-state index contributed by atoms with van der Waals surface area (Å²) in [5, 5.41) is 0.992. The summed E-state index contributed by atoms with van der Waals surface area (Å²) in [6.07, 6.45) is 2.19. The van der Waals surface area contributed by atoms with Crippen LogP contribution in [0.3, 0.4) is 0 Å². The van der Waals surface area contributed by atoms with E-state index in [-0.39, 0.29) is 0 Å². The van der Waals surface area contributed by atoms with E-state index in [0.717, 1.165) is 35.1 Å². The molecule has 3 rings (SSSR count). The molecule has 17 heavy (non-hydrogen) atoms. The van der Waals surface area contributed by atoms with Crippen molar-refractivity contribution >= 4 is 11.3 Å². The normalized spacial score (nSPS) is 23.7. The predicted molar refractivity (Wildman–Crippen MR) is 69.2 cm³/mol. The number of hydrogen-bond acceptors (Lipinski definition) is 4. The fourth-order valence-electron chi connectivity index (χ4n) is 2.32. The number of hydrogen-bond donors (Lipinski definition) is 1. The van der Waals surface area contributed by atoms with E-state index < -0.39 is 0 Å². The minimum atomic E-state index is 0.385. The average Bonchev–Trinajstić information content (AvgIpc) is 2.80. The van der Waals surface area contributed by atoms with E-state index >= 15 is 0 Å². The molecular weight excluding hydrogens is 232 g/mol. The highest BCUT2D eigenvalue weighted by molar-refractivity contribution is 7.15. The van der Waals surface area contributed by atoms with Crippen molar-refractivity contribution in [3.8, 4) is 10.8 Å². The van der Waals surface area contributed by atoms with Crippen molar-refractivity contribution in [3.63, 3.8) is 0 Å². The van der Waals surface area contributed by atoms with Gasteiger partial charge in [-0.25, -0.2) is 4.98 Å². The summed E-state index contributed by atoms with van der Waals surface area (Å²) < 4.78 is 5.61. The van der Waals surface area contributed by atoms with Crippen molar-refractivity contribution in [3.05, 3.63) is 28.5 Å². The maximum absolute atomic E-state index is 5.84. The molecule has 0 aromatic carbocycles. The lowest BCUT2D eigenvalue weighted by atomic mass is 9.79. The van der Waals surface area contributed by atoms with E-state index in [1.54, 1.807) is 11.3 Å². The molecular formula is C13H16N2OS. The molecule has 2 N–H and O–H groups in total. The zero-order valence-corrected chi connectivity index (χ0v) is 10.9. The molecule has 0 radical (unpaired) electrons. The Kier molecular flexibility index (Phi) is 2.56. The molecule has 0 saturated heterocycles. The van der Waals surface area contributed by atoms with Crippen LogP contribution in [0.15, 0.2) is 16.5 Å². The molecule has 1 aliphatic rings. The van der Waals surface area contributed by atoms with Crippen molar-refractivity contribution in [2.75, 3.05) is 0 Å². The van der Waals surface area contributed by atoms with Gasteiger partial charge in [0, 0.05) is 10.9 Å². The maximum atomic E-state index is 5.84. The molecule has 2 aromatic heterocycles. The monoisotopic (exact) mass is 248 g/mol. The Morgan fingerprint density at radius 1 is 1.35 bits per heavy atom. The van der Waals surface area contributed by atoms with Gasteiger partial charge in [-0.15, -0.1) is 11.3 Å². The highest BCUT2D eigenvalue weighted by Gasteiger charge is 2.30. The quantitative estimate of drug-likeness (QED) is 0.887. The van der Waals surface area contributed by atoms with E-state index in [0.29, 0.717) is 12.0 Å². The van der Waals surface area contributed by atoms with Gasteiger partial charge in [-0.3, -0.25) is 0 Å². The Balaban J connectivity index is 1.90. The smallest absolute Gasteiger partial charge is 0.162 e. The van der Waals surface area contributed by atoms with Gasteiger partial charge in [0.05, 0.1) is 5.69 Å². The number of aromatic nitrogens is 1. The van der Waals surface area contributed by atoms with Crippen molar-refractivity contribution in [2.24, 2.45) is 5.73 Å². The van der Waals surface area contributed by atoms with E-state index in [4.69, 9.17) is 10.2 Å². The van der Waals surface area contributed by atoms with E-state index in [1.807, 2.05) is 19.1 Å². The van der Waals surface area contributed by atoms with Crippen molar-refractivity contribution in [1.29, 1.82) is 0 Å². The molecule has 1 fully saturated rings. The molecule has 1 saturated carbocycles. The fourth-order valence-corrected chi connectivity index (χ4v) is 3.47. The van der Waals surface area contributed by atoms with E-state index in [9.17, 15) is 0 Å². The first kappa shape index (κ1) is 11.0. The second kappa shape index (κ2) is 3.96. The number of furan rings is 1. The second-order valence-corrected chi connectivity index (χ2v) is 5.84. The summed E-state index contributed by atoms with van der Waals surface area (Å²) in [6, 6.07) is 4.35. The fraction of sp³-hybridized carbons (Fsp3) is 0.462. The summed E-state index contributed by atoms with van der Waals surface area (Å²) >= 11 is 1.75. The summed E-state index contributed by atoms with van der Waals surface area (Å²) in [5.41, 5.74) is 6.98. The van der Waals surface area contributed by atoms with Crippen LogP contribution in [0.1, 0.15) is 35.1 Å². The number of aryl methyl sites for hydroxylation is 2. The summed E-state index contributed by atoms with van der Waals surface area (Å²) in [6.45, 7) is 4.03. The minimum absolute atomic E-state index is 0.385. The molecule has 0 aliphatic heterocycles. The first-order chi connectivity index (χ1) is 8.13. The Morgan fingerprint density at radius 2 is 2.12 bits per heavy atom. The molecule has 1 aliphatic carbocycles. The Bertz CT molecular complexity index is 537. The zero-order valence-electron chi connectivity index (χ0n) is 10.1. The Morgan fingerprint density at radius 3 is 2.71 bits per heavy atom. The van der Waals surface area contributed by atoms with Crippen LogP contribution < -0.4 is 5.73 Å². The first-order valence-corrected chi connectivity index (χ1v) is 6.75. The number of nitrogens with zero attached hydrogens (tertiary/aromatic N) is 1. The highest BCUT2D eigenvalue weighted by atomic mass is 32.1. The van der Waals surface area contributed by atoms with Gasteiger partial charge in [-0.05, 0) is 44.7 Å². The summed E-state index contributed by atoms with van der Waals surface area (Å²) in [7, 11) is 0. The minimum Gasteiger partial charge on any atom is -0.459 e. The first-order valence-electron chi connectivity index (χ1n) is 5.93. The summed E-state index contributed by atoms with van der Waals surface area (Å²) in [5.74, 6) is 2.43. The molecule has 0 amide bonds. The standard InChI is InChI=1S/C13H16N2OS/c1-7-3-4-11(16-7)13-15-8(2)12(17-13)9-5-10(14)6-9/h3-4,9-10H,5-6,14H2,1-2H3. The SMILES string of the molecule is Cc1ccc(-c2nc(C)c(C3CC(N)C3)s2)o1. The number of rotatable bonds is 2. The summed E-state index contributed by atoms with van der Waals surface area (Å²) in [4.78, 5) is 5.99. The van der Waals surface area contributed by atoms with Crippen molar-refractivity contribution in [2.45, 2.75) is 38.6 Å². The van der Waals surface area contributed by atoms with Gasteiger partial charge in [0.2, 0.25) is 0 Å². The van der Waals surface area contributed by atoms with Crippen LogP contribution in [-0.4, -0.2) is 11.0 Å². The molecule has 0 spiro atoms. The van der Waals surface area contributed by atoms with Gasteiger partial charge in [0.1, 0.15) is 5.76 Å². The molecule has 2 heterocycles. The van der Waals surface area contributed by atoms with Gasteiger partial charge in [-0.1, -0.05) is 0 Å². The Hall–Kier alpha value is -1.13. The number of thiazole rings is 1. The third-order valence-corrected chi connectivity index (χ3v) is 4.66.